The SMILES string of the molecule is N#Cc1cnc2ccccc2c1N1CCC(NS(=O)(=O)c2ccc(F)cc2)CC1. The zero-order valence-corrected chi connectivity index (χ0v) is 16.4. The summed E-state index contributed by atoms with van der Waals surface area (Å²) in [5.41, 5.74) is 2.17. The van der Waals surface area contributed by atoms with E-state index in [9.17, 15) is 18.1 Å². The van der Waals surface area contributed by atoms with E-state index >= 15 is 0 Å². The highest BCUT2D eigenvalue weighted by Gasteiger charge is 2.26. The molecule has 4 rings (SSSR count). The summed E-state index contributed by atoms with van der Waals surface area (Å²) in [6.45, 7) is 1.22. The lowest BCUT2D eigenvalue weighted by molar-refractivity contribution is 0.460. The first kappa shape index (κ1) is 19.3. The van der Waals surface area contributed by atoms with Crippen molar-refractivity contribution in [2.45, 2.75) is 23.8 Å². The van der Waals surface area contributed by atoms with Gasteiger partial charge in [-0.25, -0.2) is 17.5 Å². The summed E-state index contributed by atoms with van der Waals surface area (Å²) in [5.74, 6) is -0.477. The number of pyridine rings is 1. The highest BCUT2D eigenvalue weighted by atomic mass is 32.2. The molecule has 1 N–H and O–H groups in total. The van der Waals surface area contributed by atoms with E-state index in [1.165, 1.54) is 12.1 Å². The molecule has 0 radical (unpaired) electrons. The van der Waals surface area contributed by atoms with E-state index in [4.69, 9.17) is 0 Å². The Balaban J connectivity index is 1.51. The molecule has 0 unspecified atom stereocenters. The number of aromatic nitrogens is 1. The smallest absolute Gasteiger partial charge is 0.240 e. The van der Waals surface area contributed by atoms with E-state index in [0.29, 0.717) is 31.5 Å². The van der Waals surface area contributed by atoms with Gasteiger partial charge < -0.3 is 4.90 Å². The molecule has 1 aliphatic heterocycles. The van der Waals surface area contributed by atoms with Gasteiger partial charge in [-0.2, -0.15) is 5.26 Å². The van der Waals surface area contributed by atoms with Crippen LogP contribution < -0.4 is 9.62 Å². The Morgan fingerprint density at radius 2 is 1.79 bits per heavy atom. The average molecular weight is 410 g/mol. The Labute approximate surface area is 168 Å². The van der Waals surface area contributed by atoms with Crippen LogP contribution in [0.1, 0.15) is 18.4 Å². The van der Waals surface area contributed by atoms with Crippen LogP contribution >= 0.6 is 0 Å². The van der Waals surface area contributed by atoms with Crippen molar-refractivity contribution in [2.75, 3.05) is 18.0 Å². The minimum atomic E-state index is -3.70. The summed E-state index contributed by atoms with van der Waals surface area (Å²) in [6, 6.07) is 14.4. The molecule has 0 bridgehead atoms. The van der Waals surface area contributed by atoms with Crippen LogP contribution in [0.25, 0.3) is 10.9 Å². The van der Waals surface area contributed by atoms with Crippen molar-refractivity contribution in [3.8, 4) is 6.07 Å². The molecular weight excluding hydrogens is 391 g/mol. The topological polar surface area (TPSA) is 86.1 Å². The number of piperidine rings is 1. The first-order valence-electron chi connectivity index (χ1n) is 9.28. The molecule has 29 heavy (non-hydrogen) atoms. The molecule has 0 amide bonds. The number of anilines is 1. The predicted octanol–water partition coefficient (Wildman–Crippen LogP) is 3.19. The predicted molar refractivity (Wildman–Crippen MR) is 108 cm³/mol. The minimum Gasteiger partial charge on any atom is -0.370 e. The highest BCUT2D eigenvalue weighted by molar-refractivity contribution is 7.89. The molecule has 1 aromatic heterocycles. The Bertz CT molecular complexity index is 1180. The first-order valence-corrected chi connectivity index (χ1v) is 10.8. The number of para-hydroxylation sites is 1. The molecular formula is C21H19FN4O2S. The van der Waals surface area contributed by atoms with Crippen LogP contribution in [0.15, 0.2) is 59.6 Å². The molecule has 0 saturated carbocycles. The number of nitrogens with zero attached hydrogens (tertiary/aromatic N) is 3. The Hall–Kier alpha value is -3.02. The summed E-state index contributed by atoms with van der Waals surface area (Å²) in [5, 5.41) is 10.4. The van der Waals surface area contributed by atoms with E-state index in [1.807, 2.05) is 24.3 Å². The largest absolute Gasteiger partial charge is 0.370 e. The maximum Gasteiger partial charge on any atom is 0.240 e. The van der Waals surface area contributed by atoms with Crippen molar-refractivity contribution in [3.63, 3.8) is 0 Å². The molecule has 3 aromatic rings. The van der Waals surface area contributed by atoms with Gasteiger partial charge in [0.1, 0.15) is 11.9 Å². The summed E-state index contributed by atoms with van der Waals surface area (Å²) in [7, 11) is -3.70. The Kier molecular flexibility index (Phi) is 5.18. The van der Waals surface area contributed by atoms with Crippen molar-refractivity contribution < 1.29 is 12.8 Å². The van der Waals surface area contributed by atoms with Gasteiger partial charge in [0.25, 0.3) is 0 Å². The van der Waals surface area contributed by atoms with Crippen LogP contribution in [0.3, 0.4) is 0 Å². The number of halogens is 1. The molecule has 6 nitrogen and oxygen atoms in total. The van der Waals surface area contributed by atoms with E-state index < -0.39 is 15.8 Å². The number of hydrogen-bond donors (Lipinski definition) is 1. The molecule has 0 aliphatic carbocycles. The van der Waals surface area contributed by atoms with Gasteiger partial charge in [-0.15, -0.1) is 0 Å². The van der Waals surface area contributed by atoms with Crippen molar-refractivity contribution in [1.82, 2.24) is 9.71 Å². The molecule has 8 heteroatoms. The van der Waals surface area contributed by atoms with E-state index in [-0.39, 0.29) is 10.9 Å². The maximum atomic E-state index is 13.1. The van der Waals surface area contributed by atoms with Gasteiger partial charge in [0, 0.05) is 30.7 Å². The fourth-order valence-corrected chi connectivity index (χ4v) is 4.98. The fourth-order valence-electron chi connectivity index (χ4n) is 3.67. The molecule has 0 atom stereocenters. The Morgan fingerprint density at radius 1 is 1.10 bits per heavy atom. The number of rotatable bonds is 4. The number of nitrogens with one attached hydrogen (secondary N) is 1. The van der Waals surface area contributed by atoms with Crippen LogP contribution in [-0.4, -0.2) is 32.5 Å². The second kappa shape index (κ2) is 7.78. The van der Waals surface area contributed by atoms with Crippen molar-refractivity contribution in [3.05, 3.63) is 66.1 Å². The van der Waals surface area contributed by atoms with Gasteiger partial charge >= 0.3 is 0 Å². The lowest BCUT2D eigenvalue weighted by atomic mass is 10.0. The van der Waals surface area contributed by atoms with E-state index in [1.54, 1.807) is 6.20 Å². The lowest BCUT2D eigenvalue weighted by Crippen LogP contribution is -2.44. The Morgan fingerprint density at radius 3 is 2.48 bits per heavy atom. The third-order valence-corrected chi connectivity index (χ3v) is 6.66. The summed E-state index contributed by atoms with van der Waals surface area (Å²) in [6.07, 6.45) is 2.78. The zero-order chi connectivity index (χ0) is 20.4. The standard InChI is InChI=1S/C21H19FN4O2S/c22-16-5-7-18(8-6-16)29(27,28)25-17-9-11-26(12-10-17)21-15(13-23)14-24-20-4-2-1-3-19(20)21/h1-8,14,17,25H,9-12H2. The minimum absolute atomic E-state index is 0.0493. The lowest BCUT2D eigenvalue weighted by Gasteiger charge is -2.34. The van der Waals surface area contributed by atoms with Crippen LogP contribution in [-0.2, 0) is 10.0 Å². The molecule has 1 saturated heterocycles. The van der Waals surface area contributed by atoms with E-state index in [0.717, 1.165) is 28.7 Å². The third kappa shape index (κ3) is 3.92. The van der Waals surface area contributed by atoms with Crippen LogP contribution in [0.2, 0.25) is 0 Å². The van der Waals surface area contributed by atoms with E-state index in [2.05, 4.69) is 20.7 Å². The molecule has 2 aromatic carbocycles. The van der Waals surface area contributed by atoms with Gasteiger partial charge in [0.15, 0.2) is 0 Å². The molecule has 148 valence electrons. The summed E-state index contributed by atoms with van der Waals surface area (Å²) >= 11 is 0. The first-order chi connectivity index (χ1) is 14.0. The van der Waals surface area contributed by atoms with Gasteiger partial charge in [-0.05, 0) is 43.2 Å². The monoisotopic (exact) mass is 410 g/mol. The van der Waals surface area contributed by atoms with Gasteiger partial charge in [0.2, 0.25) is 10.0 Å². The maximum absolute atomic E-state index is 13.1. The highest BCUT2D eigenvalue weighted by Crippen LogP contribution is 2.31. The second-order valence-electron chi connectivity index (χ2n) is 6.99. The normalized spacial score (nSPS) is 15.4. The zero-order valence-electron chi connectivity index (χ0n) is 15.5. The number of fused-ring (bicyclic) bond motifs is 1. The van der Waals surface area contributed by atoms with Crippen molar-refractivity contribution in [2.24, 2.45) is 0 Å². The number of nitriles is 1. The summed E-state index contributed by atoms with van der Waals surface area (Å²) < 4.78 is 40.9. The molecule has 1 aliphatic rings. The van der Waals surface area contributed by atoms with Gasteiger partial charge in [-0.3, -0.25) is 4.98 Å². The van der Waals surface area contributed by atoms with Crippen molar-refractivity contribution in [1.29, 1.82) is 5.26 Å². The van der Waals surface area contributed by atoms with Crippen LogP contribution in [0, 0.1) is 17.1 Å². The van der Waals surface area contributed by atoms with Crippen LogP contribution in [0.5, 0.6) is 0 Å². The second-order valence-corrected chi connectivity index (χ2v) is 8.70. The molecule has 0 spiro atoms. The number of sulfonamides is 1. The van der Waals surface area contributed by atoms with Crippen molar-refractivity contribution >= 4 is 26.6 Å². The number of hydrogen-bond acceptors (Lipinski definition) is 5. The van der Waals surface area contributed by atoms with Gasteiger partial charge in [-0.1, -0.05) is 18.2 Å². The summed E-state index contributed by atoms with van der Waals surface area (Å²) in [4.78, 5) is 6.51. The number of benzene rings is 2. The molecule has 2 heterocycles. The van der Waals surface area contributed by atoms with Gasteiger partial charge in [0.05, 0.1) is 21.7 Å². The third-order valence-electron chi connectivity index (χ3n) is 5.12. The quantitative estimate of drug-likeness (QED) is 0.714. The molecule has 1 fully saturated rings. The average Bonchev–Trinajstić information content (AvgIpc) is 2.73. The van der Waals surface area contributed by atoms with Crippen LogP contribution in [0.4, 0.5) is 10.1 Å². The fraction of sp³-hybridized carbons (Fsp3) is 0.238.